The molecule has 5 rings (SSSR count). The molecule has 3 aromatic heterocycles. The molecule has 0 amide bonds. The number of likely N-dealkylation sites (N-methyl/N-ethyl adjacent to an activating group) is 1. The van der Waals surface area contributed by atoms with Crippen molar-refractivity contribution < 1.29 is 27.1 Å². The Labute approximate surface area is 228 Å². The number of furan rings is 1. The molecule has 4 aromatic rings. The number of anilines is 3. The van der Waals surface area contributed by atoms with Gasteiger partial charge in [0.1, 0.15) is 18.2 Å². The first-order valence-corrected chi connectivity index (χ1v) is 12.8. The molecule has 1 fully saturated rings. The molecule has 0 atom stereocenters. The molecule has 1 aliphatic heterocycles. The summed E-state index contributed by atoms with van der Waals surface area (Å²) >= 11 is 0. The Morgan fingerprint density at radius 1 is 1.07 bits per heavy atom. The molecule has 14 heteroatoms. The van der Waals surface area contributed by atoms with Gasteiger partial charge in [-0.05, 0) is 30.3 Å². The highest BCUT2D eigenvalue weighted by Crippen LogP contribution is 2.39. The number of ether oxygens (including phenoxy) is 2. The number of benzene rings is 1. The lowest BCUT2D eigenvalue weighted by molar-refractivity contribution is -0.137. The molecule has 0 spiro atoms. The van der Waals surface area contributed by atoms with Crippen LogP contribution in [0, 0.1) is 0 Å². The van der Waals surface area contributed by atoms with E-state index in [2.05, 4.69) is 20.0 Å². The van der Waals surface area contributed by atoms with Crippen LogP contribution in [0.2, 0.25) is 0 Å². The third kappa shape index (κ3) is 6.07. The van der Waals surface area contributed by atoms with Crippen molar-refractivity contribution in [2.75, 3.05) is 82.2 Å². The molecule has 0 saturated carbocycles. The van der Waals surface area contributed by atoms with Gasteiger partial charge in [0.15, 0.2) is 11.4 Å². The predicted octanol–water partition coefficient (Wildman–Crippen LogP) is 3.27. The van der Waals surface area contributed by atoms with E-state index in [1.807, 2.05) is 11.9 Å². The van der Waals surface area contributed by atoms with Crippen molar-refractivity contribution in [2.24, 2.45) is 0 Å². The van der Waals surface area contributed by atoms with Crippen molar-refractivity contribution in [1.29, 1.82) is 0 Å². The molecular formula is C26H31F3N8O3. The van der Waals surface area contributed by atoms with Crippen molar-refractivity contribution in [2.45, 2.75) is 6.18 Å². The van der Waals surface area contributed by atoms with Crippen molar-refractivity contribution in [3.05, 3.63) is 48.2 Å². The fraction of sp³-hybridized carbons (Fsp3) is 0.423. The lowest BCUT2D eigenvalue weighted by atomic mass is 10.1. The molecule has 1 aliphatic rings. The fourth-order valence-corrected chi connectivity index (χ4v) is 4.57. The Hall–Kier alpha value is -4.04. The SMILES string of the molecule is COCCOc1ccc(N2CCN(CCN(C)c3cc4nc(-c5ccco5)nn4c(N)n3)CC2)c(C(F)(F)F)c1. The van der Waals surface area contributed by atoms with Crippen molar-refractivity contribution in [3.8, 4) is 17.3 Å². The molecule has 0 aliphatic carbocycles. The topological polar surface area (TPSA) is 110 Å². The van der Waals surface area contributed by atoms with Crippen molar-refractivity contribution >= 4 is 23.1 Å². The van der Waals surface area contributed by atoms with E-state index >= 15 is 0 Å². The van der Waals surface area contributed by atoms with E-state index in [1.165, 1.54) is 17.7 Å². The minimum absolute atomic E-state index is 0.165. The van der Waals surface area contributed by atoms with Crippen LogP contribution in [0.15, 0.2) is 47.1 Å². The zero-order valence-electron chi connectivity index (χ0n) is 22.3. The van der Waals surface area contributed by atoms with Crippen LogP contribution in [-0.4, -0.2) is 91.1 Å². The first kappa shape index (κ1) is 27.5. The predicted molar refractivity (Wildman–Crippen MR) is 144 cm³/mol. The molecule has 214 valence electrons. The lowest BCUT2D eigenvalue weighted by Gasteiger charge is -2.37. The van der Waals surface area contributed by atoms with E-state index < -0.39 is 11.7 Å². The summed E-state index contributed by atoms with van der Waals surface area (Å²) in [6, 6.07) is 9.45. The third-order valence-corrected chi connectivity index (χ3v) is 6.76. The summed E-state index contributed by atoms with van der Waals surface area (Å²) in [5.74, 6) is 1.97. The second-order valence-corrected chi connectivity index (χ2v) is 9.42. The summed E-state index contributed by atoms with van der Waals surface area (Å²) in [5, 5.41) is 4.36. The largest absolute Gasteiger partial charge is 0.491 e. The van der Waals surface area contributed by atoms with Crippen LogP contribution in [0.25, 0.3) is 17.2 Å². The van der Waals surface area contributed by atoms with Gasteiger partial charge in [-0.25, -0.2) is 4.98 Å². The van der Waals surface area contributed by atoms with Crippen LogP contribution >= 0.6 is 0 Å². The fourth-order valence-electron chi connectivity index (χ4n) is 4.57. The van der Waals surface area contributed by atoms with E-state index in [9.17, 15) is 13.2 Å². The van der Waals surface area contributed by atoms with Crippen LogP contribution in [0.4, 0.5) is 30.6 Å². The highest BCUT2D eigenvalue weighted by atomic mass is 19.4. The zero-order valence-corrected chi connectivity index (χ0v) is 22.3. The normalized spacial score (nSPS) is 14.7. The van der Waals surface area contributed by atoms with Gasteiger partial charge in [-0.3, -0.25) is 4.90 Å². The maximum Gasteiger partial charge on any atom is 0.418 e. The smallest absolute Gasteiger partial charge is 0.418 e. The molecule has 40 heavy (non-hydrogen) atoms. The van der Waals surface area contributed by atoms with E-state index in [0.717, 1.165) is 6.07 Å². The van der Waals surface area contributed by atoms with Gasteiger partial charge in [0.2, 0.25) is 11.8 Å². The summed E-state index contributed by atoms with van der Waals surface area (Å²) in [4.78, 5) is 14.9. The quantitative estimate of drug-likeness (QED) is 0.290. The maximum absolute atomic E-state index is 13.9. The number of halogens is 3. The third-order valence-electron chi connectivity index (χ3n) is 6.76. The Morgan fingerprint density at radius 2 is 1.88 bits per heavy atom. The summed E-state index contributed by atoms with van der Waals surface area (Å²) < 4.78 is 58.7. The Bertz CT molecular complexity index is 1420. The number of fused-ring (bicyclic) bond motifs is 1. The number of hydrogen-bond donors (Lipinski definition) is 1. The Kier molecular flexibility index (Phi) is 7.98. The number of hydrogen-bond acceptors (Lipinski definition) is 10. The molecule has 4 heterocycles. The van der Waals surface area contributed by atoms with Crippen LogP contribution in [0.1, 0.15) is 5.56 Å². The first-order chi connectivity index (χ1) is 19.2. The number of piperazine rings is 1. The molecule has 11 nitrogen and oxygen atoms in total. The second kappa shape index (κ2) is 11.6. The molecule has 0 bridgehead atoms. The first-order valence-electron chi connectivity index (χ1n) is 12.8. The van der Waals surface area contributed by atoms with Gasteiger partial charge in [-0.2, -0.15) is 22.7 Å². The Morgan fingerprint density at radius 3 is 2.58 bits per heavy atom. The minimum atomic E-state index is -4.49. The van der Waals surface area contributed by atoms with Crippen molar-refractivity contribution in [3.63, 3.8) is 0 Å². The van der Waals surface area contributed by atoms with Gasteiger partial charge in [-0.15, -0.1) is 5.10 Å². The van der Waals surface area contributed by atoms with Crippen LogP contribution in [0.5, 0.6) is 5.75 Å². The molecule has 1 saturated heterocycles. The molecule has 0 unspecified atom stereocenters. The molecular weight excluding hydrogens is 529 g/mol. The van der Waals surface area contributed by atoms with Gasteiger partial charge < -0.3 is 29.4 Å². The number of nitrogens with two attached hydrogens (primary N) is 1. The van der Waals surface area contributed by atoms with Gasteiger partial charge in [0.05, 0.1) is 18.4 Å². The van der Waals surface area contributed by atoms with E-state index in [-0.39, 0.29) is 24.0 Å². The van der Waals surface area contributed by atoms with Gasteiger partial charge in [-0.1, -0.05) is 0 Å². The zero-order chi connectivity index (χ0) is 28.3. The Balaban J connectivity index is 1.19. The average Bonchev–Trinajstić information content (AvgIpc) is 3.62. The lowest BCUT2D eigenvalue weighted by Crippen LogP contribution is -2.48. The number of methoxy groups -OCH3 is 1. The van der Waals surface area contributed by atoms with E-state index in [4.69, 9.17) is 19.6 Å². The van der Waals surface area contributed by atoms with Crippen LogP contribution in [0.3, 0.4) is 0 Å². The summed E-state index contributed by atoms with van der Waals surface area (Å²) in [7, 11) is 3.42. The van der Waals surface area contributed by atoms with Crippen LogP contribution in [-0.2, 0) is 10.9 Å². The summed E-state index contributed by atoms with van der Waals surface area (Å²) in [5.41, 5.74) is 6.15. The van der Waals surface area contributed by atoms with Gasteiger partial charge >= 0.3 is 6.18 Å². The number of nitrogen functional groups attached to an aromatic ring is 1. The number of alkyl halides is 3. The summed E-state index contributed by atoms with van der Waals surface area (Å²) in [6.07, 6.45) is -2.94. The van der Waals surface area contributed by atoms with Gasteiger partial charge in [0, 0.05) is 65.2 Å². The molecule has 0 radical (unpaired) electrons. The highest BCUT2D eigenvalue weighted by molar-refractivity contribution is 5.60. The monoisotopic (exact) mass is 560 g/mol. The van der Waals surface area contributed by atoms with Crippen molar-refractivity contribution in [1.82, 2.24) is 24.5 Å². The van der Waals surface area contributed by atoms with E-state index in [0.29, 0.717) is 68.9 Å². The highest BCUT2D eigenvalue weighted by Gasteiger charge is 2.36. The summed E-state index contributed by atoms with van der Waals surface area (Å²) in [6.45, 7) is 4.03. The van der Waals surface area contributed by atoms with Crippen LogP contribution < -0.4 is 20.3 Å². The maximum atomic E-state index is 13.9. The number of rotatable bonds is 10. The van der Waals surface area contributed by atoms with E-state index in [1.54, 1.807) is 35.4 Å². The van der Waals surface area contributed by atoms with Gasteiger partial charge in [0.25, 0.3) is 0 Å². The molecule has 2 N–H and O–H groups in total. The minimum Gasteiger partial charge on any atom is -0.491 e. The number of aromatic nitrogens is 4. The average molecular weight is 561 g/mol. The standard InChI is InChI=1S/C26H31F3N8O3/c1-34(22-17-23-31-24(21-4-3-13-40-21)33-37(23)25(30)32-22)7-8-35-9-11-36(12-10-35)20-6-5-18(39-15-14-38-2)16-19(20)26(27,28)29/h3-6,13,16-17H,7-12,14-15H2,1-2H3,(H2,30,32). The number of nitrogens with zero attached hydrogens (tertiary/aromatic N) is 7. The second-order valence-electron chi connectivity index (χ2n) is 9.42. The molecule has 1 aromatic carbocycles.